The molecule has 2 heterocycles. The number of nitrogens with one attached hydrogen (secondary N) is 2. The van der Waals surface area contributed by atoms with E-state index in [-0.39, 0.29) is 29.9 Å². The van der Waals surface area contributed by atoms with Crippen LogP contribution in [0, 0.1) is 5.82 Å². The van der Waals surface area contributed by atoms with Crippen molar-refractivity contribution in [2.75, 3.05) is 4.90 Å². The second-order valence-corrected chi connectivity index (χ2v) is 8.86. The van der Waals surface area contributed by atoms with Crippen molar-refractivity contribution >= 4 is 11.6 Å². The average Bonchev–Trinajstić information content (AvgIpc) is 3.22. The van der Waals surface area contributed by atoms with Gasteiger partial charge in [0, 0.05) is 18.3 Å². The van der Waals surface area contributed by atoms with E-state index in [1.165, 1.54) is 17.7 Å². The number of hydrogen-bond donors (Lipinski definition) is 3. The number of aromatic amines is 1. The third-order valence-electron chi connectivity index (χ3n) is 6.41. The van der Waals surface area contributed by atoms with Crippen molar-refractivity contribution in [2.45, 2.75) is 32.0 Å². The summed E-state index contributed by atoms with van der Waals surface area (Å²) in [6, 6.07) is 23.0. The fraction of sp³-hybridized carbons (Fsp3) is 0.179. The summed E-state index contributed by atoms with van der Waals surface area (Å²) in [6.45, 7) is 2.19. The molecule has 0 saturated heterocycles. The zero-order valence-corrected chi connectivity index (χ0v) is 19.6. The van der Waals surface area contributed by atoms with E-state index in [1.54, 1.807) is 12.1 Å². The molecule has 7 nitrogen and oxygen atoms in total. The number of fused-ring (bicyclic) bond motifs is 1. The molecule has 182 valence electrons. The van der Waals surface area contributed by atoms with E-state index in [0.29, 0.717) is 5.56 Å². The van der Waals surface area contributed by atoms with Crippen LogP contribution in [0.5, 0.6) is 5.75 Å². The molecular weight excluding hydrogens is 459 g/mol. The van der Waals surface area contributed by atoms with E-state index in [0.717, 1.165) is 17.7 Å². The van der Waals surface area contributed by atoms with Crippen LogP contribution < -0.4 is 15.8 Å². The van der Waals surface area contributed by atoms with Gasteiger partial charge in [-0.05, 0) is 48.2 Å². The summed E-state index contributed by atoms with van der Waals surface area (Å²) in [5.74, 6) is -1.59. The Bertz CT molecular complexity index is 1450. The highest BCUT2D eigenvalue weighted by Gasteiger charge is 2.35. The summed E-state index contributed by atoms with van der Waals surface area (Å²) >= 11 is 0. The average molecular weight is 485 g/mol. The van der Waals surface area contributed by atoms with E-state index in [1.807, 2.05) is 48.5 Å². The number of benzene rings is 3. The van der Waals surface area contributed by atoms with Crippen LogP contribution in [0.1, 0.15) is 46.0 Å². The van der Waals surface area contributed by atoms with Crippen molar-refractivity contribution in [2.24, 2.45) is 0 Å². The maximum absolute atomic E-state index is 13.2. The SMILES string of the molecule is CC1Cc2ccccc2N1C(c1ccccc1)c1nc(C(=O)NCc2ccc(F)cc2)c(O)c(=O)[nH]1. The van der Waals surface area contributed by atoms with Crippen molar-refractivity contribution < 1.29 is 14.3 Å². The summed E-state index contributed by atoms with van der Waals surface area (Å²) in [6.07, 6.45) is 0.826. The molecule has 0 radical (unpaired) electrons. The minimum atomic E-state index is -0.798. The number of hydrogen-bond acceptors (Lipinski definition) is 5. The normalized spacial score (nSPS) is 15.4. The molecule has 1 aromatic heterocycles. The zero-order valence-electron chi connectivity index (χ0n) is 19.6. The van der Waals surface area contributed by atoms with Gasteiger partial charge in [0.05, 0.1) is 0 Å². The Morgan fingerprint density at radius 3 is 2.56 bits per heavy atom. The van der Waals surface area contributed by atoms with Crippen LogP contribution in [0.25, 0.3) is 0 Å². The van der Waals surface area contributed by atoms with Gasteiger partial charge in [-0.1, -0.05) is 60.7 Å². The van der Waals surface area contributed by atoms with Gasteiger partial charge < -0.3 is 20.3 Å². The maximum atomic E-state index is 13.2. The minimum Gasteiger partial charge on any atom is -0.501 e. The fourth-order valence-electron chi connectivity index (χ4n) is 4.71. The second kappa shape index (κ2) is 9.65. The number of carbonyl (C=O) groups excluding carboxylic acids is 1. The third kappa shape index (κ3) is 4.45. The molecule has 4 aromatic rings. The Morgan fingerprint density at radius 1 is 1.11 bits per heavy atom. The lowest BCUT2D eigenvalue weighted by atomic mass is 10.0. The largest absolute Gasteiger partial charge is 0.501 e. The lowest BCUT2D eigenvalue weighted by molar-refractivity contribution is 0.0942. The van der Waals surface area contributed by atoms with Crippen LogP contribution in [0.4, 0.5) is 10.1 Å². The lowest BCUT2D eigenvalue weighted by Gasteiger charge is -2.34. The topological polar surface area (TPSA) is 98.3 Å². The summed E-state index contributed by atoms with van der Waals surface area (Å²) in [4.78, 5) is 35.1. The minimum absolute atomic E-state index is 0.0843. The van der Waals surface area contributed by atoms with E-state index in [4.69, 9.17) is 0 Å². The van der Waals surface area contributed by atoms with Gasteiger partial charge >= 0.3 is 0 Å². The number of aromatic hydroxyl groups is 1. The van der Waals surface area contributed by atoms with Crippen molar-refractivity contribution in [3.05, 3.63) is 123 Å². The first-order chi connectivity index (χ1) is 17.4. The first-order valence-corrected chi connectivity index (χ1v) is 11.7. The van der Waals surface area contributed by atoms with Gasteiger partial charge in [0.2, 0.25) is 5.75 Å². The summed E-state index contributed by atoms with van der Waals surface area (Å²) in [5.41, 5.74) is 2.60. The summed E-state index contributed by atoms with van der Waals surface area (Å²) < 4.78 is 13.2. The Morgan fingerprint density at radius 2 is 1.81 bits per heavy atom. The van der Waals surface area contributed by atoms with Crippen LogP contribution in [0.15, 0.2) is 83.7 Å². The highest BCUT2D eigenvalue weighted by Crippen LogP contribution is 2.40. The number of amides is 1. The van der Waals surface area contributed by atoms with E-state index >= 15 is 0 Å². The van der Waals surface area contributed by atoms with Crippen LogP contribution >= 0.6 is 0 Å². The molecule has 2 atom stereocenters. The molecule has 1 aliphatic heterocycles. The van der Waals surface area contributed by atoms with Gasteiger partial charge in [0.1, 0.15) is 17.7 Å². The number of nitrogens with zero attached hydrogens (tertiary/aromatic N) is 2. The van der Waals surface area contributed by atoms with Crippen LogP contribution in [0.2, 0.25) is 0 Å². The van der Waals surface area contributed by atoms with Gasteiger partial charge in [-0.2, -0.15) is 0 Å². The Labute approximate surface area is 207 Å². The Balaban J connectivity index is 1.55. The molecular formula is C28H25FN4O3. The number of halogens is 1. The van der Waals surface area contributed by atoms with Crippen molar-refractivity contribution in [3.63, 3.8) is 0 Å². The first kappa shape index (κ1) is 23.3. The van der Waals surface area contributed by atoms with E-state index in [9.17, 15) is 19.1 Å². The third-order valence-corrected chi connectivity index (χ3v) is 6.41. The standard InChI is InChI=1S/C28H25FN4O3/c1-17-15-20-9-5-6-10-22(20)33(17)24(19-7-3-2-4-8-19)26-31-23(25(34)28(36)32-26)27(35)30-16-18-11-13-21(29)14-12-18/h2-14,17,24,34H,15-16H2,1H3,(H,30,35)(H,31,32,36). The molecule has 5 rings (SSSR count). The predicted molar refractivity (Wildman–Crippen MR) is 134 cm³/mol. The van der Waals surface area contributed by atoms with Crippen LogP contribution in [0.3, 0.4) is 0 Å². The maximum Gasteiger partial charge on any atom is 0.294 e. The second-order valence-electron chi connectivity index (χ2n) is 8.86. The molecule has 0 bridgehead atoms. The number of anilines is 1. The molecule has 0 aliphatic carbocycles. The summed E-state index contributed by atoms with van der Waals surface area (Å²) in [7, 11) is 0. The number of H-pyrrole nitrogens is 1. The van der Waals surface area contributed by atoms with Crippen molar-refractivity contribution in [3.8, 4) is 5.75 Å². The molecule has 8 heteroatoms. The van der Waals surface area contributed by atoms with Crippen LogP contribution in [-0.2, 0) is 13.0 Å². The monoisotopic (exact) mass is 484 g/mol. The summed E-state index contributed by atoms with van der Waals surface area (Å²) in [5, 5.41) is 13.1. The molecule has 2 unspecified atom stereocenters. The zero-order chi connectivity index (χ0) is 25.2. The highest BCUT2D eigenvalue weighted by atomic mass is 19.1. The smallest absolute Gasteiger partial charge is 0.294 e. The van der Waals surface area contributed by atoms with E-state index < -0.39 is 23.3 Å². The fourth-order valence-corrected chi connectivity index (χ4v) is 4.71. The Kier molecular flexibility index (Phi) is 6.25. The molecule has 1 aliphatic rings. The van der Waals surface area contributed by atoms with Gasteiger partial charge in [-0.15, -0.1) is 0 Å². The van der Waals surface area contributed by atoms with E-state index in [2.05, 4.69) is 33.2 Å². The van der Waals surface area contributed by atoms with Gasteiger partial charge in [-0.25, -0.2) is 9.37 Å². The number of para-hydroxylation sites is 1. The molecule has 3 aromatic carbocycles. The molecule has 1 amide bonds. The molecule has 0 saturated carbocycles. The van der Waals surface area contributed by atoms with Crippen molar-refractivity contribution in [1.29, 1.82) is 0 Å². The molecule has 3 N–H and O–H groups in total. The van der Waals surface area contributed by atoms with Crippen LogP contribution in [-0.4, -0.2) is 27.0 Å². The quantitative estimate of drug-likeness (QED) is 0.383. The predicted octanol–water partition coefficient (Wildman–Crippen LogP) is 4.09. The number of carbonyl (C=O) groups is 1. The molecule has 36 heavy (non-hydrogen) atoms. The Hall–Kier alpha value is -4.46. The van der Waals surface area contributed by atoms with Crippen molar-refractivity contribution in [1.82, 2.24) is 15.3 Å². The lowest BCUT2D eigenvalue weighted by Crippen LogP contribution is -2.37. The molecule has 0 spiro atoms. The molecule has 0 fully saturated rings. The highest BCUT2D eigenvalue weighted by molar-refractivity contribution is 5.94. The van der Waals surface area contributed by atoms with Gasteiger partial charge in [-0.3, -0.25) is 9.59 Å². The van der Waals surface area contributed by atoms with Gasteiger partial charge in [0.25, 0.3) is 11.5 Å². The number of rotatable bonds is 6. The van der Waals surface area contributed by atoms with Gasteiger partial charge in [0.15, 0.2) is 5.69 Å². The number of aromatic nitrogens is 2. The first-order valence-electron chi connectivity index (χ1n) is 11.7.